The van der Waals surface area contributed by atoms with Crippen LogP contribution in [0.1, 0.15) is 28.8 Å². The zero-order valence-corrected chi connectivity index (χ0v) is 11.1. The molecule has 0 aliphatic heterocycles. The summed E-state index contributed by atoms with van der Waals surface area (Å²) in [5, 5.41) is 0. The van der Waals surface area contributed by atoms with Crippen LogP contribution in [0, 0.1) is 0 Å². The molecule has 18 heavy (non-hydrogen) atoms. The van der Waals surface area contributed by atoms with Crippen LogP contribution in [0.5, 0.6) is 0 Å². The first kappa shape index (κ1) is 14.5. The van der Waals surface area contributed by atoms with E-state index in [1.807, 2.05) is 37.4 Å². The molecule has 98 valence electrons. The SMILES string of the molecule is C=CCCCN(C)C(=O)c1ccccc1CCN. The van der Waals surface area contributed by atoms with Crippen molar-refractivity contribution in [3.63, 3.8) is 0 Å². The first-order valence-corrected chi connectivity index (χ1v) is 6.35. The Bertz CT molecular complexity index is 401. The maximum atomic E-state index is 12.3. The second-order valence-corrected chi connectivity index (χ2v) is 4.35. The highest BCUT2D eigenvalue weighted by atomic mass is 16.2. The van der Waals surface area contributed by atoms with Gasteiger partial charge >= 0.3 is 0 Å². The highest BCUT2D eigenvalue weighted by Gasteiger charge is 2.14. The molecule has 0 saturated heterocycles. The van der Waals surface area contributed by atoms with E-state index in [2.05, 4.69) is 6.58 Å². The Hall–Kier alpha value is -1.61. The highest BCUT2D eigenvalue weighted by molar-refractivity contribution is 5.95. The molecule has 0 saturated carbocycles. The number of hydrogen-bond acceptors (Lipinski definition) is 2. The van der Waals surface area contributed by atoms with Crippen LogP contribution >= 0.6 is 0 Å². The Balaban J connectivity index is 2.73. The van der Waals surface area contributed by atoms with Crippen molar-refractivity contribution in [3.05, 3.63) is 48.0 Å². The monoisotopic (exact) mass is 246 g/mol. The van der Waals surface area contributed by atoms with E-state index in [4.69, 9.17) is 5.73 Å². The lowest BCUT2D eigenvalue weighted by molar-refractivity contribution is 0.0793. The zero-order valence-electron chi connectivity index (χ0n) is 11.1. The number of hydrogen-bond donors (Lipinski definition) is 1. The molecule has 1 aromatic rings. The van der Waals surface area contributed by atoms with Crippen LogP contribution < -0.4 is 5.73 Å². The number of carbonyl (C=O) groups is 1. The van der Waals surface area contributed by atoms with Gasteiger partial charge in [-0.25, -0.2) is 0 Å². The topological polar surface area (TPSA) is 46.3 Å². The number of nitrogens with zero attached hydrogens (tertiary/aromatic N) is 1. The third-order valence-corrected chi connectivity index (χ3v) is 2.91. The second kappa shape index (κ2) is 7.67. The first-order chi connectivity index (χ1) is 8.70. The number of rotatable bonds is 7. The van der Waals surface area contributed by atoms with Gasteiger partial charge in [0, 0.05) is 19.2 Å². The molecule has 0 spiro atoms. The maximum absolute atomic E-state index is 12.3. The molecule has 1 amide bonds. The van der Waals surface area contributed by atoms with Crippen LogP contribution in [0.3, 0.4) is 0 Å². The molecule has 0 atom stereocenters. The third-order valence-electron chi connectivity index (χ3n) is 2.91. The molecule has 2 N–H and O–H groups in total. The van der Waals surface area contributed by atoms with Crippen LogP contribution in [0.15, 0.2) is 36.9 Å². The highest BCUT2D eigenvalue weighted by Crippen LogP contribution is 2.12. The van der Waals surface area contributed by atoms with Gasteiger partial charge in [0.2, 0.25) is 0 Å². The summed E-state index contributed by atoms with van der Waals surface area (Å²) in [4.78, 5) is 14.1. The van der Waals surface area contributed by atoms with Gasteiger partial charge in [0.1, 0.15) is 0 Å². The summed E-state index contributed by atoms with van der Waals surface area (Å²) in [6.07, 6.45) is 4.50. The van der Waals surface area contributed by atoms with E-state index in [0.29, 0.717) is 6.54 Å². The van der Waals surface area contributed by atoms with Crippen molar-refractivity contribution < 1.29 is 4.79 Å². The van der Waals surface area contributed by atoms with Gasteiger partial charge in [0.15, 0.2) is 0 Å². The van der Waals surface area contributed by atoms with E-state index >= 15 is 0 Å². The molecule has 0 unspecified atom stereocenters. The van der Waals surface area contributed by atoms with E-state index < -0.39 is 0 Å². The van der Waals surface area contributed by atoms with Crippen molar-refractivity contribution in [2.75, 3.05) is 20.1 Å². The summed E-state index contributed by atoms with van der Waals surface area (Å²) in [6, 6.07) is 7.68. The Kier molecular flexibility index (Phi) is 6.15. The van der Waals surface area contributed by atoms with Gasteiger partial charge in [-0.15, -0.1) is 6.58 Å². The predicted octanol–water partition coefficient (Wildman–Crippen LogP) is 2.23. The average Bonchev–Trinajstić information content (AvgIpc) is 2.39. The Morgan fingerprint density at radius 3 is 2.83 bits per heavy atom. The summed E-state index contributed by atoms with van der Waals surface area (Å²) in [7, 11) is 1.84. The number of allylic oxidation sites excluding steroid dienone is 1. The van der Waals surface area contributed by atoms with E-state index in [-0.39, 0.29) is 5.91 Å². The smallest absolute Gasteiger partial charge is 0.253 e. The molecule has 0 radical (unpaired) electrons. The number of amides is 1. The number of benzene rings is 1. The Morgan fingerprint density at radius 1 is 1.44 bits per heavy atom. The van der Waals surface area contributed by atoms with Gasteiger partial charge < -0.3 is 10.6 Å². The lowest BCUT2D eigenvalue weighted by atomic mass is 10.0. The molecule has 0 aliphatic rings. The van der Waals surface area contributed by atoms with Crippen molar-refractivity contribution in [2.45, 2.75) is 19.3 Å². The average molecular weight is 246 g/mol. The van der Waals surface area contributed by atoms with Crippen LogP contribution in [0.25, 0.3) is 0 Å². The van der Waals surface area contributed by atoms with Crippen LogP contribution in [0.4, 0.5) is 0 Å². The number of nitrogens with two attached hydrogens (primary N) is 1. The fourth-order valence-electron chi connectivity index (χ4n) is 1.88. The predicted molar refractivity (Wildman–Crippen MR) is 75.6 cm³/mol. The largest absolute Gasteiger partial charge is 0.342 e. The van der Waals surface area contributed by atoms with Gasteiger partial charge in [-0.1, -0.05) is 24.3 Å². The van der Waals surface area contributed by atoms with E-state index in [1.54, 1.807) is 4.90 Å². The zero-order chi connectivity index (χ0) is 13.4. The quantitative estimate of drug-likeness (QED) is 0.592. The lowest BCUT2D eigenvalue weighted by Crippen LogP contribution is -2.28. The van der Waals surface area contributed by atoms with Gasteiger partial charge in [0.25, 0.3) is 5.91 Å². The van der Waals surface area contributed by atoms with Crippen molar-refractivity contribution in [3.8, 4) is 0 Å². The van der Waals surface area contributed by atoms with Crippen molar-refractivity contribution in [2.24, 2.45) is 5.73 Å². The maximum Gasteiger partial charge on any atom is 0.253 e. The second-order valence-electron chi connectivity index (χ2n) is 4.35. The molecule has 0 fully saturated rings. The molecular weight excluding hydrogens is 224 g/mol. The fourth-order valence-corrected chi connectivity index (χ4v) is 1.88. The van der Waals surface area contributed by atoms with Gasteiger partial charge in [-0.2, -0.15) is 0 Å². The van der Waals surface area contributed by atoms with Crippen LogP contribution in [-0.4, -0.2) is 30.9 Å². The summed E-state index contributed by atoms with van der Waals surface area (Å²) in [5.74, 6) is 0.0723. The summed E-state index contributed by atoms with van der Waals surface area (Å²) in [5.41, 5.74) is 7.36. The molecule has 0 heterocycles. The van der Waals surface area contributed by atoms with E-state index in [1.165, 1.54) is 0 Å². The molecule has 0 aromatic heterocycles. The van der Waals surface area contributed by atoms with Crippen LogP contribution in [0.2, 0.25) is 0 Å². The molecular formula is C15H22N2O. The molecule has 1 aromatic carbocycles. The Morgan fingerprint density at radius 2 is 2.17 bits per heavy atom. The standard InChI is InChI=1S/C15H22N2O/c1-3-4-7-12-17(2)15(18)14-9-6-5-8-13(14)10-11-16/h3,5-6,8-9H,1,4,7,10-12,16H2,2H3. The minimum Gasteiger partial charge on any atom is -0.342 e. The van der Waals surface area contributed by atoms with Crippen molar-refractivity contribution in [1.82, 2.24) is 4.90 Å². The van der Waals surface area contributed by atoms with E-state index in [0.717, 1.165) is 36.9 Å². The van der Waals surface area contributed by atoms with Crippen molar-refractivity contribution in [1.29, 1.82) is 0 Å². The molecule has 0 bridgehead atoms. The minimum atomic E-state index is 0.0723. The summed E-state index contributed by atoms with van der Waals surface area (Å²) < 4.78 is 0. The van der Waals surface area contributed by atoms with Crippen molar-refractivity contribution >= 4 is 5.91 Å². The Labute approximate surface area is 109 Å². The third kappa shape index (κ3) is 4.00. The van der Waals surface area contributed by atoms with Crippen LogP contribution in [-0.2, 0) is 6.42 Å². The van der Waals surface area contributed by atoms with Gasteiger partial charge in [-0.3, -0.25) is 4.79 Å². The first-order valence-electron chi connectivity index (χ1n) is 6.35. The minimum absolute atomic E-state index is 0.0723. The molecule has 1 rings (SSSR count). The molecule has 3 heteroatoms. The normalized spacial score (nSPS) is 10.1. The number of unbranched alkanes of at least 4 members (excludes halogenated alkanes) is 1. The van der Waals surface area contributed by atoms with Gasteiger partial charge in [-0.05, 0) is 37.4 Å². The lowest BCUT2D eigenvalue weighted by Gasteiger charge is -2.18. The molecule has 3 nitrogen and oxygen atoms in total. The fraction of sp³-hybridized carbons (Fsp3) is 0.400. The number of carbonyl (C=O) groups excluding carboxylic acids is 1. The summed E-state index contributed by atoms with van der Waals surface area (Å²) in [6.45, 7) is 4.99. The molecule has 0 aliphatic carbocycles. The van der Waals surface area contributed by atoms with Gasteiger partial charge in [0.05, 0.1) is 0 Å². The van der Waals surface area contributed by atoms with E-state index in [9.17, 15) is 4.79 Å². The summed E-state index contributed by atoms with van der Waals surface area (Å²) >= 11 is 0.